The number of rotatable bonds is 6. The van der Waals surface area contributed by atoms with E-state index in [1.54, 1.807) is 48.0 Å². The molecule has 2 aromatic carbocycles. The van der Waals surface area contributed by atoms with Gasteiger partial charge < -0.3 is 20.1 Å². The topological polar surface area (TPSA) is 103 Å². The van der Waals surface area contributed by atoms with Crippen molar-refractivity contribution in [3.05, 3.63) is 64.4 Å². The Kier molecular flexibility index (Phi) is 6.73. The van der Waals surface area contributed by atoms with Gasteiger partial charge in [-0.3, -0.25) is 9.36 Å². The van der Waals surface area contributed by atoms with Gasteiger partial charge in [-0.1, -0.05) is 24.3 Å². The van der Waals surface area contributed by atoms with E-state index < -0.39 is 6.79 Å². The number of nitriles is 1. The zero-order valence-electron chi connectivity index (χ0n) is 18.8. The molecule has 2 N–H and O–H groups in total. The van der Waals surface area contributed by atoms with E-state index in [-0.39, 0.29) is 5.56 Å². The van der Waals surface area contributed by atoms with Crippen molar-refractivity contribution in [2.75, 3.05) is 31.8 Å². The molecule has 0 unspecified atom stereocenters. The van der Waals surface area contributed by atoms with Crippen molar-refractivity contribution in [1.82, 2.24) is 14.9 Å². The van der Waals surface area contributed by atoms with Crippen LogP contribution in [0.1, 0.15) is 18.4 Å². The van der Waals surface area contributed by atoms with E-state index in [0.717, 1.165) is 31.5 Å². The van der Waals surface area contributed by atoms with Gasteiger partial charge in [0.15, 0.2) is 6.79 Å². The molecule has 1 aliphatic heterocycles. The van der Waals surface area contributed by atoms with Gasteiger partial charge in [-0.2, -0.15) is 5.26 Å². The van der Waals surface area contributed by atoms with Crippen molar-refractivity contribution in [2.24, 2.45) is 7.05 Å². The Balaban J connectivity index is 1.85. The van der Waals surface area contributed by atoms with Crippen LogP contribution in [0, 0.1) is 11.3 Å². The molecule has 0 saturated carbocycles. The van der Waals surface area contributed by atoms with Crippen molar-refractivity contribution in [3.63, 3.8) is 0 Å². The van der Waals surface area contributed by atoms with Crippen LogP contribution in [0.3, 0.4) is 0 Å². The second kappa shape index (κ2) is 9.86. The average molecular weight is 446 g/mol. The van der Waals surface area contributed by atoms with Crippen molar-refractivity contribution in [2.45, 2.75) is 18.9 Å². The largest absolute Gasteiger partial charge is 0.468 e. The lowest BCUT2D eigenvalue weighted by Crippen LogP contribution is -2.43. The number of anilines is 1. The summed E-state index contributed by atoms with van der Waals surface area (Å²) in [6.45, 7) is 1.20. The first-order valence-corrected chi connectivity index (χ1v) is 10.9. The van der Waals surface area contributed by atoms with Crippen LogP contribution in [-0.2, 0) is 7.05 Å². The maximum absolute atomic E-state index is 13.6. The zero-order valence-corrected chi connectivity index (χ0v) is 18.8. The van der Waals surface area contributed by atoms with Gasteiger partial charge in [0.2, 0.25) is 5.95 Å². The van der Waals surface area contributed by atoms with Crippen molar-refractivity contribution < 1.29 is 9.84 Å². The summed E-state index contributed by atoms with van der Waals surface area (Å²) in [4.78, 5) is 20.8. The molecule has 1 aromatic heterocycles. The molecule has 3 aromatic rings. The fourth-order valence-electron chi connectivity index (χ4n) is 4.21. The first kappa shape index (κ1) is 22.5. The second-order valence-electron chi connectivity index (χ2n) is 8.04. The Hall–Kier alpha value is -3.67. The first-order chi connectivity index (χ1) is 16.0. The lowest BCUT2D eigenvalue weighted by atomic mass is 9.99. The van der Waals surface area contributed by atoms with Crippen LogP contribution in [-0.4, -0.2) is 47.6 Å². The maximum atomic E-state index is 13.6. The molecular weight excluding hydrogens is 418 g/mol. The highest BCUT2D eigenvalue weighted by Gasteiger charge is 2.24. The van der Waals surface area contributed by atoms with Gasteiger partial charge in [-0.25, -0.2) is 4.98 Å². The van der Waals surface area contributed by atoms with Gasteiger partial charge >= 0.3 is 0 Å². The molecule has 1 fully saturated rings. The molecule has 0 atom stereocenters. The van der Waals surface area contributed by atoms with Crippen molar-refractivity contribution in [1.29, 1.82) is 5.26 Å². The molecule has 0 radical (unpaired) electrons. The smallest absolute Gasteiger partial charge is 0.263 e. The van der Waals surface area contributed by atoms with Gasteiger partial charge in [-0.15, -0.1) is 0 Å². The maximum Gasteiger partial charge on any atom is 0.263 e. The molecule has 170 valence electrons. The summed E-state index contributed by atoms with van der Waals surface area (Å²) < 4.78 is 6.73. The predicted octanol–water partition coefficient (Wildman–Crippen LogP) is 2.50. The third-order valence-electron chi connectivity index (χ3n) is 6.11. The summed E-state index contributed by atoms with van der Waals surface area (Å²) >= 11 is 0. The highest BCUT2D eigenvalue weighted by molar-refractivity contribution is 5.81. The second-order valence-corrected chi connectivity index (χ2v) is 8.04. The number of aromatic nitrogens is 2. The fraction of sp³-hybridized carbons (Fsp3) is 0.320. The summed E-state index contributed by atoms with van der Waals surface area (Å²) in [5.74, 6) is 1.15. The zero-order chi connectivity index (χ0) is 23.4. The molecule has 0 aliphatic carbocycles. The Labute approximate surface area is 192 Å². The normalized spacial score (nSPS) is 14.2. The number of piperidine rings is 1. The Morgan fingerprint density at radius 1 is 1.12 bits per heavy atom. The minimum atomic E-state index is -0.419. The number of benzene rings is 2. The number of ether oxygens (including phenoxy) is 1. The number of aliphatic hydroxyl groups is 1. The van der Waals surface area contributed by atoms with E-state index in [9.17, 15) is 10.1 Å². The summed E-state index contributed by atoms with van der Waals surface area (Å²) in [5, 5.41) is 21.5. The quantitative estimate of drug-likeness (QED) is 0.562. The molecule has 1 saturated heterocycles. The highest BCUT2D eigenvalue weighted by Crippen LogP contribution is 2.31. The number of nitrogens with zero attached hydrogens (tertiary/aromatic N) is 4. The van der Waals surface area contributed by atoms with E-state index in [0.29, 0.717) is 40.1 Å². The van der Waals surface area contributed by atoms with Crippen molar-refractivity contribution >= 4 is 5.95 Å². The molecule has 0 spiro atoms. The Morgan fingerprint density at radius 3 is 2.33 bits per heavy atom. The van der Waals surface area contributed by atoms with Crippen LogP contribution < -0.4 is 20.5 Å². The Bertz CT molecular complexity index is 1210. The lowest BCUT2D eigenvalue weighted by Gasteiger charge is -2.33. The van der Waals surface area contributed by atoms with E-state index in [1.807, 2.05) is 19.2 Å². The summed E-state index contributed by atoms with van der Waals surface area (Å²) in [5.41, 5.74) is 2.92. The minimum absolute atomic E-state index is 0.147. The van der Waals surface area contributed by atoms with E-state index >= 15 is 0 Å². The average Bonchev–Trinajstić information content (AvgIpc) is 2.86. The first-order valence-electron chi connectivity index (χ1n) is 10.9. The SMILES string of the molecule is CNC1CCN(c2nc(-c3ccc(C#N)cc3)c(-c3ccc(OCO)cc3)c(=O)n2C)CC1. The molecule has 0 amide bonds. The molecule has 0 bridgehead atoms. The molecule has 8 heteroatoms. The van der Waals surface area contributed by atoms with Gasteiger partial charge in [0, 0.05) is 31.7 Å². The van der Waals surface area contributed by atoms with E-state index in [2.05, 4.69) is 16.3 Å². The Morgan fingerprint density at radius 2 is 1.76 bits per heavy atom. The van der Waals surface area contributed by atoms with Crippen LogP contribution in [0.5, 0.6) is 5.75 Å². The predicted molar refractivity (Wildman–Crippen MR) is 127 cm³/mol. The van der Waals surface area contributed by atoms with Gasteiger partial charge in [0.1, 0.15) is 5.75 Å². The summed E-state index contributed by atoms with van der Waals surface area (Å²) in [6.07, 6.45) is 1.96. The third kappa shape index (κ3) is 4.60. The fourth-order valence-corrected chi connectivity index (χ4v) is 4.21. The molecule has 2 heterocycles. The van der Waals surface area contributed by atoms with Crippen LogP contribution in [0.4, 0.5) is 5.95 Å². The highest BCUT2D eigenvalue weighted by atomic mass is 16.6. The number of aliphatic hydroxyl groups excluding tert-OH is 1. The summed E-state index contributed by atoms with van der Waals surface area (Å²) in [6, 6.07) is 16.7. The van der Waals surface area contributed by atoms with Gasteiger partial charge in [0.05, 0.1) is 22.9 Å². The van der Waals surface area contributed by atoms with Crippen LogP contribution in [0.25, 0.3) is 22.4 Å². The standard InChI is InChI=1S/C25H27N5O3/c1-27-20-11-13-30(14-12-20)25-28-23(19-5-3-17(15-26)4-6-19)22(24(32)29(25)2)18-7-9-21(10-8-18)33-16-31/h3-10,20,27,31H,11-14,16H2,1-2H3. The molecule has 1 aliphatic rings. The number of hydrogen-bond acceptors (Lipinski definition) is 7. The summed E-state index contributed by atoms with van der Waals surface area (Å²) in [7, 11) is 3.73. The monoisotopic (exact) mass is 445 g/mol. The van der Waals surface area contributed by atoms with Gasteiger partial charge in [-0.05, 0) is 49.7 Å². The third-order valence-corrected chi connectivity index (χ3v) is 6.11. The van der Waals surface area contributed by atoms with E-state index in [4.69, 9.17) is 14.8 Å². The minimum Gasteiger partial charge on any atom is -0.468 e. The van der Waals surface area contributed by atoms with Crippen LogP contribution in [0.2, 0.25) is 0 Å². The molecule has 4 rings (SSSR count). The number of nitrogens with one attached hydrogen (secondary N) is 1. The van der Waals surface area contributed by atoms with Crippen molar-refractivity contribution in [3.8, 4) is 34.2 Å². The molecule has 8 nitrogen and oxygen atoms in total. The molecule has 33 heavy (non-hydrogen) atoms. The van der Waals surface area contributed by atoms with Gasteiger partial charge in [0.25, 0.3) is 5.56 Å². The van der Waals surface area contributed by atoms with Crippen LogP contribution in [0.15, 0.2) is 53.3 Å². The van der Waals surface area contributed by atoms with E-state index in [1.165, 1.54) is 0 Å². The molecular formula is C25H27N5O3. The van der Waals surface area contributed by atoms with Crippen LogP contribution >= 0.6 is 0 Å². The number of hydrogen-bond donors (Lipinski definition) is 2. The lowest BCUT2D eigenvalue weighted by molar-refractivity contribution is 0.0985.